The molecule has 166 valence electrons. The first kappa shape index (κ1) is 23.1. The van der Waals surface area contributed by atoms with Crippen LogP contribution in [0.15, 0.2) is 84.0 Å². The van der Waals surface area contributed by atoms with Gasteiger partial charge in [-0.2, -0.15) is 0 Å². The third-order valence-electron chi connectivity index (χ3n) is 4.88. The zero-order valence-corrected chi connectivity index (χ0v) is 20.0. The summed E-state index contributed by atoms with van der Waals surface area (Å²) in [5.41, 5.74) is 3.43. The van der Waals surface area contributed by atoms with E-state index in [2.05, 4.69) is 15.5 Å². The summed E-state index contributed by atoms with van der Waals surface area (Å²) in [6.45, 7) is 0. The Bertz CT molecular complexity index is 1270. The average Bonchev–Trinajstić information content (AvgIpc) is 3.19. The highest BCUT2D eigenvalue weighted by Crippen LogP contribution is 2.32. The van der Waals surface area contributed by atoms with Gasteiger partial charge in [0, 0.05) is 40.2 Å². The molecule has 1 N–H and O–H groups in total. The number of hydrogen-bond acceptors (Lipinski definition) is 4. The summed E-state index contributed by atoms with van der Waals surface area (Å²) in [5.74, 6) is 1.12. The molecule has 0 radical (unpaired) electrons. The number of halogens is 2. The topological polar surface area (TPSA) is 59.8 Å². The third-order valence-corrected chi connectivity index (χ3v) is 6.63. The molecule has 8 heteroatoms. The number of nitrogens with one attached hydrogen (secondary N) is 1. The Kier molecular flexibility index (Phi) is 7.50. The highest BCUT2D eigenvalue weighted by molar-refractivity contribution is 7.98. The van der Waals surface area contributed by atoms with Gasteiger partial charge in [-0.25, -0.2) is 0 Å². The molecule has 0 aliphatic carbocycles. The van der Waals surface area contributed by atoms with E-state index in [-0.39, 0.29) is 5.91 Å². The Labute approximate surface area is 206 Å². The van der Waals surface area contributed by atoms with Gasteiger partial charge in [0.25, 0.3) is 0 Å². The standard InChI is InChI=1S/C25H20Cl2N4OS/c1-31-24(29-30-25(31)33-16-20-21(26)8-5-9-22(20)27)18-11-13-19(14-12-18)28-23(32)15-10-17-6-3-2-4-7-17/h2-15H,16H2,1H3,(H,28,32). The van der Waals surface area contributed by atoms with Crippen LogP contribution in [-0.2, 0) is 17.6 Å². The molecule has 0 saturated carbocycles. The van der Waals surface area contributed by atoms with Crippen molar-refractivity contribution >= 4 is 52.6 Å². The quantitative estimate of drug-likeness (QED) is 0.228. The van der Waals surface area contributed by atoms with Crippen molar-refractivity contribution in [3.8, 4) is 11.4 Å². The lowest BCUT2D eigenvalue weighted by molar-refractivity contribution is -0.111. The van der Waals surface area contributed by atoms with E-state index in [1.54, 1.807) is 6.08 Å². The first-order valence-electron chi connectivity index (χ1n) is 10.1. The minimum Gasteiger partial charge on any atom is -0.323 e. The van der Waals surface area contributed by atoms with Gasteiger partial charge in [-0.15, -0.1) is 10.2 Å². The molecular formula is C25H20Cl2N4OS. The van der Waals surface area contributed by atoms with E-state index in [1.165, 1.54) is 17.8 Å². The lowest BCUT2D eigenvalue weighted by Gasteiger charge is -2.07. The lowest BCUT2D eigenvalue weighted by atomic mass is 10.2. The van der Waals surface area contributed by atoms with Gasteiger partial charge < -0.3 is 9.88 Å². The summed E-state index contributed by atoms with van der Waals surface area (Å²) in [4.78, 5) is 12.2. The van der Waals surface area contributed by atoms with E-state index < -0.39 is 0 Å². The van der Waals surface area contributed by atoms with Crippen molar-refractivity contribution in [1.29, 1.82) is 0 Å². The number of hydrogen-bond donors (Lipinski definition) is 1. The molecule has 0 spiro atoms. The second-order valence-corrected chi connectivity index (χ2v) is 8.92. The number of aromatic nitrogens is 3. The summed E-state index contributed by atoms with van der Waals surface area (Å²) in [6.07, 6.45) is 3.29. The van der Waals surface area contributed by atoms with Crippen molar-refractivity contribution in [2.24, 2.45) is 7.05 Å². The molecule has 1 amide bonds. The van der Waals surface area contributed by atoms with Crippen molar-refractivity contribution in [2.75, 3.05) is 5.32 Å². The van der Waals surface area contributed by atoms with Crippen molar-refractivity contribution in [1.82, 2.24) is 14.8 Å². The van der Waals surface area contributed by atoms with Crippen LogP contribution in [0.3, 0.4) is 0 Å². The maximum Gasteiger partial charge on any atom is 0.248 e. The molecule has 33 heavy (non-hydrogen) atoms. The maximum absolute atomic E-state index is 12.2. The van der Waals surface area contributed by atoms with Crippen LogP contribution in [0.2, 0.25) is 10.0 Å². The van der Waals surface area contributed by atoms with E-state index in [9.17, 15) is 4.79 Å². The number of amides is 1. The molecule has 0 fully saturated rings. The average molecular weight is 495 g/mol. The summed E-state index contributed by atoms with van der Waals surface area (Å²) < 4.78 is 1.92. The van der Waals surface area contributed by atoms with Gasteiger partial charge in [-0.3, -0.25) is 4.79 Å². The van der Waals surface area contributed by atoms with Gasteiger partial charge in [0.1, 0.15) is 0 Å². The van der Waals surface area contributed by atoms with Crippen LogP contribution < -0.4 is 5.32 Å². The number of benzene rings is 3. The van der Waals surface area contributed by atoms with Gasteiger partial charge in [0.2, 0.25) is 5.91 Å². The predicted octanol–water partition coefficient (Wildman–Crippen LogP) is 6.73. The van der Waals surface area contributed by atoms with E-state index in [0.29, 0.717) is 21.5 Å². The minimum atomic E-state index is -0.192. The molecule has 0 atom stereocenters. The predicted molar refractivity (Wildman–Crippen MR) is 137 cm³/mol. The fraction of sp³-hybridized carbons (Fsp3) is 0.0800. The summed E-state index contributed by atoms with van der Waals surface area (Å²) in [7, 11) is 1.91. The highest BCUT2D eigenvalue weighted by Gasteiger charge is 2.13. The van der Waals surface area contributed by atoms with Crippen LogP contribution in [0.4, 0.5) is 5.69 Å². The number of nitrogens with zero attached hydrogens (tertiary/aromatic N) is 3. The zero-order valence-electron chi connectivity index (χ0n) is 17.7. The van der Waals surface area contributed by atoms with Gasteiger partial charge in [-0.1, -0.05) is 71.4 Å². The first-order chi connectivity index (χ1) is 16.0. The molecule has 4 aromatic rings. The molecule has 1 aromatic heterocycles. The maximum atomic E-state index is 12.2. The highest BCUT2D eigenvalue weighted by atomic mass is 35.5. The van der Waals surface area contributed by atoms with Crippen molar-refractivity contribution in [2.45, 2.75) is 10.9 Å². The molecule has 0 aliphatic heterocycles. The largest absolute Gasteiger partial charge is 0.323 e. The molecule has 0 saturated heterocycles. The lowest BCUT2D eigenvalue weighted by Crippen LogP contribution is -2.07. The fourth-order valence-electron chi connectivity index (χ4n) is 3.12. The first-order valence-corrected chi connectivity index (χ1v) is 11.8. The van der Waals surface area contributed by atoms with E-state index in [4.69, 9.17) is 23.2 Å². The van der Waals surface area contributed by atoms with Gasteiger partial charge in [0.15, 0.2) is 11.0 Å². The van der Waals surface area contributed by atoms with Gasteiger partial charge >= 0.3 is 0 Å². The number of rotatable bonds is 7. The Morgan fingerprint density at radius 1 is 0.970 bits per heavy atom. The van der Waals surface area contributed by atoms with Crippen LogP contribution >= 0.6 is 35.0 Å². The summed E-state index contributed by atoms with van der Waals surface area (Å²) in [5, 5.41) is 13.5. The van der Waals surface area contributed by atoms with Crippen LogP contribution in [0.25, 0.3) is 17.5 Å². The number of anilines is 1. The smallest absolute Gasteiger partial charge is 0.248 e. The van der Waals surface area contributed by atoms with E-state index >= 15 is 0 Å². The van der Waals surface area contributed by atoms with Crippen LogP contribution in [0.1, 0.15) is 11.1 Å². The molecule has 5 nitrogen and oxygen atoms in total. The molecular weight excluding hydrogens is 475 g/mol. The second-order valence-electron chi connectivity index (χ2n) is 7.16. The van der Waals surface area contributed by atoms with E-state index in [0.717, 1.165) is 27.7 Å². The zero-order chi connectivity index (χ0) is 23.2. The van der Waals surface area contributed by atoms with Gasteiger partial charge in [-0.05, 0) is 53.6 Å². The van der Waals surface area contributed by atoms with Crippen LogP contribution in [0.5, 0.6) is 0 Å². The number of carbonyl (C=O) groups excluding carboxylic acids is 1. The van der Waals surface area contributed by atoms with Gasteiger partial charge in [0.05, 0.1) is 0 Å². The van der Waals surface area contributed by atoms with Crippen LogP contribution in [0, 0.1) is 0 Å². The van der Waals surface area contributed by atoms with Crippen LogP contribution in [-0.4, -0.2) is 20.7 Å². The third kappa shape index (κ3) is 5.85. The fourth-order valence-corrected chi connectivity index (χ4v) is 4.77. The Hall–Kier alpha value is -3.06. The normalized spacial score (nSPS) is 11.1. The Morgan fingerprint density at radius 3 is 2.36 bits per heavy atom. The monoisotopic (exact) mass is 494 g/mol. The van der Waals surface area contributed by atoms with Crippen molar-refractivity contribution in [3.05, 3.63) is 100 Å². The van der Waals surface area contributed by atoms with E-state index in [1.807, 2.05) is 84.4 Å². The molecule has 0 unspecified atom stereocenters. The minimum absolute atomic E-state index is 0.192. The SMILES string of the molecule is Cn1c(SCc2c(Cl)cccc2Cl)nnc1-c1ccc(NC(=O)C=Cc2ccccc2)cc1. The Balaban J connectivity index is 1.40. The molecule has 1 heterocycles. The summed E-state index contributed by atoms with van der Waals surface area (Å²) >= 11 is 14.0. The number of carbonyl (C=O) groups is 1. The Morgan fingerprint density at radius 2 is 1.67 bits per heavy atom. The van der Waals surface area contributed by atoms with Crippen molar-refractivity contribution < 1.29 is 4.79 Å². The molecule has 4 rings (SSSR count). The molecule has 0 aliphatic rings. The molecule has 3 aromatic carbocycles. The van der Waals surface area contributed by atoms with Crippen molar-refractivity contribution in [3.63, 3.8) is 0 Å². The number of thioether (sulfide) groups is 1. The summed E-state index contributed by atoms with van der Waals surface area (Å²) in [6, 6.07) is 22.6. The second kappa shape index (κ2) is 10.7. The molecule has 0 bridgehead atoms.